The molecule has 1 rings (SSSR count). The zero-order valence-electron chi connectivity index (χ0n) is 8.48. The first-order valence-corrected chi connectivity index (χ1v) is 4.91. The Morgan fingerprint density at radius 3 is 2.79 bits per heavy atom. The van der Waals surface area contributed by atoms with Crippen LogP contribution in [0.3, 0.4) is 0 Å². The van der Waals surface area contributed by atoms with E-state index in [1.54, 1.807) is 7.05 Å². The Morgan fingerprint density at radius 2 is 2.29 bits per heavy atom. The summed E-state index contributed by atoms with van der Waals surface area (Å²) in [5, 5.41) is 8.55. The normalized spacial score (nSPS) is 25.6. The van der Waals surface area contributed by atoms with Gasteiger partial charge in [0.1, 0.15) is 0 Å². The van der Waals surface area contributed by atoms with Crippen molar-refractivity contribution in [2.45, 2.75) is 31.4 Å². The largest absolute Gasteiger partial charge is 0.465 e. The molecule has 5 nitrogen and oxygen atoms in total. The van der Waals surface area contributed by atoms with Crippen molar-refractivity contribution in [2.24, 2.45) is 5.73 Å². The highest BCUT2D eigenvalue weighted by Crippen LogP contribution is 2.20. The van der Waals surface area contributed by atoms with Crippen molar-refractivity contribution < 1.29 is 14.6 Å². The fourth-order valence-corrected chi connectivity index (χ4v) is 1.39. The molecule has 0 bridgehead atoms. The molecule has 0 saturated heterocycles. The predicted molar refractivity (Wildman–Crippen MR) is 52.2 cm³/mol. The Hall–Kier alpha value is -0.810. The van der Waals surface area contributed by atoms with Crippen LogP contribution in [0.2, 0.25) is 0 Å². The zero-order valence-corrected chi connectivity index (χ0v) is 8.48. The van der Waals surface area contributed by atoms with Gasteiger partial charge in [-0.05, 0) is 19.3 Å². The monoisotopic (exact) mass is 202 g/mol. The lowest BCUT2D eigenvalue weighted by molar-refractivity contribution is -0.0108. The van der Waals surface area contributed by atoms with Crippen molar-refractivity contribution in [3.8, 4) is 0 Å². The van der Waals surface area contributed by atoms with Crippen LogP contribution in [0.1, 0.15) is 19.3 Å². The molecule has 0 atom stereocenters. The Balaban J connectivity index is 1.92. The summed E-state index contributed by atoms with van der Waals surface area (Å²) < 4.78 is 5.48. The van der Waals surface area contributed by atoms with Crippen molar-refractivity contribution in [1.29, 1.82) is 0 Å². The lowest BCUT2D eigenvalue weighted by Crippen LogP contribution is -2.42. The van der Waals surface area contributed by atoms with E-state index >= 15 is 0 Å². The number of ether oxygens (including phenoxy) is 1. The van der Waals surface area contributed by atoms with Crippen molar-refractivity contribution in [3.63, 3.8) is 0 Å². The van der Waals surface area contributed by atoms with Crippen LogP contribution in [0, 0.1) is 0 Å². The maximum atomic E-state index is 10.4. The Bertz CT molecular complexity index is 192. The fourth-order valence-electron chi connectivity index (χ4n) is 1.39. The molecular weight excluding hydrogens is 184 g/mol. The number of nitrogens with two attached hydrogens (primary N) is 1. The first-order valence-electron chi connectivity index (χ1n) is 4.91. The van der Waals surface area contributed by atoms with E-state index < -0.39 is 6.09 Å². The second-order valence-corrected chi connectivity index (χ2v) is 3.78. The molecule has 1 aliphatic carbocycles. The average Bonchev–Trinajstić information content (AvgIpc) is 2.08. The first kappa shape index (κ1) is 11.3. The number of rotatable bonds is 5. The number of carboxylic acid groups (broad SMARTS) is 1. The summed E-state index contributed by atoms with van der Waals surface area (Å²) in [4.78, 5) is 11.7. The van der Waals surface area contributed by atoms with Gasteiger partial charge < -0.3 is 20.5 Å². The maximum absolute atomic E-state index is 10.4. The lowest BCUT2D eigenvalue weighted by Gasteiger charge is -2.32. The third-order valence-electron chi connectivity index (χ3n) is 2.45. The van der Waals surface area contributed by atoms with Crippen molar-refractivity contribution in [3.05, 3.63) is 0 Å². The van der Waals surface area contributed by atoms with E-state index in [2.05, 4.69) is 0 Å². The topological polar surface area (TPSA) is 75.8 Å². The smallest absolute Gasteiger partial charge is 0.407 e. The standard InChI is InChI=1S/C9H18N2O3/c1-11(9(12)13)3-2-4-14-8-5-7(10)6-8/h7-8H,2-6,10H2,1H3,(H,12,13). The van der Waals surface area contributed by atoms with E-state index in [0.717, 1.165) is 19.3 Å². The minimum absolute atomic E-state index is 0.306. The number of nitrogens with zero attached hydrogens (tertiary/aromatic N) is 1. The minimum Gasteiger partial charge on any atom is -0.465 e. The summed E-state index contributed by atoms with van der Waals surface area (Å²) in [5.74, 6) is 0. The summed E-state index contributed by atoms with van der Waals surface area (Å²) in [6.07, 6.45) is 2.04. The van der Waals surface area contributed by atoms with Crippen LogP contribution in [-0.2, 0) is 4.74 Å². The van der Waals surface area contributed by atoms with Crippen LogP contribution in [0.4, 0.5) is 4.79 Å². The molecule has 0 heterocycles. The molecule has 82 valence electrons. The molecule has 1 amide bonds. The maximum Gasteiger partial charge on any atom is 0.407 e. The van der Waals surface area contributed by atoms with E-state index in [9.17, 15) is 4.79 Å². The van der Waals surface area contributed by atoms with Crippen LogP contribution in [0.25, 0.3) is 0 Å². The third kappa shape index (κ3) is 3.51. The Kier molecular flexibility index (Phi) is 4.16. The second-order valence-electron chi connectivity index (χ2n) is 3.78. The van der Waals surface area contributed by atoms with Crippen molar-refractivity contribution in [2.75, 3.05) is 20.2 Å². The van der Waals surface area contributed by atoms with Gasteiger partial charge in [0, 0.05) is 26.2 Å². The summed E-state index contributed by atoms with van der Waals surface area (Å²) in [6.45, 7) is 1.14. The number of amides is 1. The molecule has 0 aromatic rings. The summed E-state index contributed by atoms with van der Waals surface area (Å²) in [7, 11) is 1.56. The van der Waals surface area contributed by atoms with Gasteiger partial charge >= 0.3 is 6.09 Å². The first-order chi connectivity index (χ1) is 6.59. The molecule has 14 heavy (non-hydrogen) atoms. The van der Waals surface area contributed by atoms with Gasteiger partial charge in [-0.3, -0.25) is 0 Å². The molecule has 0 unspecified atom stereocenters. The van der Waals surface area contributed by atoms with Crippen LogP contribution >= 0.6 is 0 Å². The molecule has 0 spiro atoms. The molecule has 0 radical (unpaired) electrons. The molecule has 0 aromatic heterocycles. The van der Waals surface area contributed by atoms with E-state index in [1.165, 1.54) is 4.90 Å². The number of carbonyl (C=O) groups is 1. The van der Waals surface area contributed by atoms with E-state index in [-0.39, 0.29) is 0 Å². The Labute approximate surface area is 83.8 Å². The van der Waals surface area contributed by atoms with E-state index in [4.69, 9.17) is 15.6 Å². The summed E-state index contributed by atoms with van der Waals surface area (Å²) >= 11 is 0. The molecule has 1 aliphatic rings. The van der Waals surface area contributed by atoms with Gasteiger partial charge in [-0.2, -0.15) is 0 Å². The van der Waals surface area contributed by atoms with Gasteiger partial charge in [-0.1, -0.05) is 0 Å². The van der Waals surface area contributed by atoms with Crippen LogP contribution < -0.4 is 5.73 Å². The zero-order chi connectivity index (χ0) is 10.6. The van der Waals surface area contributed by atoms with E-state index in [1.807, 2.05) is 0 Å². The highest BCUT2D eigenvalue weighted by Gasteiger charge is 2.26. The molecule has 1 saturated carbocycles. The Morgan fingerprint density at radius 1 is 1.64 bits per heavy atom. The summed E-state index contributed by atoms with van der Waals surface area (Å²) in [5.41, 5.74) is 5.60. The minimum atomic E-state index is -0.893. The summed E-state index contributed by atoms with van der Waals surface area (Å²) in [6, 6.07) is 0.307. The molecule has 1 fully saturated rings. The molecular formula is C9H18N2O3. The molecule has 5 heteroatoms. The highest BCUT2D eigenvalue weighted by molar-refractivity contribution is 5.64. The second kappa shape index (κ2) is 5.17. The van der Waals surface area contributed by atoms with Gasteiger partial charge in [0.15, 0.2) is 0 Å². The highest BCUT2D eigenvalue weighted by atomic mass is 16.5. The van der Waals surface area contributed by atoms with Gasteiger partial charge in [0.25, 0.3) is 0 Å². The van der Waals surface area contributed by atoms with Gasteiger partial charge in [-0.15, -0.1) is 0 Å². The number of hydrogen-bond donors (Lipinski definition) is 2. The van der Waals surface area contributed by atoms with E-state index in [0.29, 0.717) is 25.3 Å². The van der Waals surface area contributed by atoms with Crippen LogP contribution in [0.5, 0.6) is 0 Å². The SMILES string of the molecule is CN(CCCOC1CC(N)C1)C(=O)O. The van der Waals surface area contributed by atoms with Gasteiger partial charge in [-0.25, -0.2) is 4.79 Å². The third-order valence-corrected chi connectivity index (χ3v) is 2.45. The lowest BCUT2D eigenvalue weighted by atomic mass is 9.90. The molecule has 3 N–H and O–H groups in total. The van der Waals surface area contributed by atoms with Gasteiger partial charge in [0.2, 0.25) is 0 Å². The quantitative estimate of drug-likeness (QED) is 0.636. The number of hydrogen-bond acceptors (Lipinski definition) is 3. The van der Waals surface area contributed by atoms with Crippen LogP contribution in [0.15, 0.2) is 0 Å². The van der Waals surface area contributed by atoms with Crippen molar-refractivity contribution >= 4 is 6.09 Å². The van der Waals surface area contributed by atoms with Crippen molar-refractivity contribution in [1.82, 2.24) is 4.90 Å². The van der Waals surface area contributed by atoms with Gasteiger partial charge in [0.05, 0.1) is 6.10 Å². The predicted octanol–water partition coefficient (Wildman–Crippen LogP) is 0.493. The fraction of sp³-hybridized carbons (Fsp3) is 0.889. The molecule has 0 aliphatic heterocycles. The molecule has 0 aromatic carbocycles. The van der Waals surface area contributed by atoms with Crippen LogP contribution in [-0.4, -0.2) is 48.4 Å². The average molecular weight is 202 g/mol.